The molecule has 0 radical (unpaired) electrons. The second-order valence-corrected chi connectivity index (χ2v) is 6.64. The molecule has 2 heterocycles. The highest BCUT2D eigenvalue weighted by molar-refractivity contribution is 8.00. The molecule has 1 atom stereocenters. The van der Waals surface area contributed by atoms with Crippen LogP contribution >= 0.6 is 11.8 Å². The number of nitrogens with zero attached hydrogens (tertiary/aromatic N) is 4. The molecule has 0 aliphatic heterocycles. The molecule has 0 spiro atoms. The summed E-state index contributed by atoms with van der Waals surface area (Å²) in [5.41, 5.74) is 0.865. The predicted octanol–water partition coefficient (Wildman–Crippen LogP) is 3.22. The van der Waals surface area contributed by atoms with Gasteiger partial charge in [0.15, 0.2) is 16.7 Å². The van der Waals surface area contributed by atoms with Gasteiger partial charge >= 0.3 is 0 Å². The monoisotopic (exact) mass is 342 g/mol. The summed E-state index contributed by atoms with van der Waals surface area (Å²) in [5.74, 6) is 1.30. The van der Waals surface area contributed by atoms with Crippen LogP contribution < -0.4 is 4.90 Å². The number of carbonyl (C=O) groups is 1. The molecule has 0 bridgehead atoms. The fourth-order valence-electron chi connectivity index (χ4n) is 2.30. The smallest absolute Gasteiger partial charge is 0.240 e. The van der Waals surface area contributed by atoms with Crippen LogP contribution in [0.1, 0.15) is 6.92 Å². The Balaban J connectivity index is 1.73. The summed E-state index contributed by atoms with van der Waals surface area (Å²) in [4.78, 5) is 14.3. The topological polar surface area (TPSA) is 64.2 Å². The minimum Gasteiger partial charge on any atom is -0.461 e. The number of thioether (sulfide) groups is 1. The molecule has 7 heteroatoms. The van der Waals surface area contributed by atoms with Crippen LogP contribution in [-0.2, 0) is 11.8 Å². The molecule has 2 aromatic heterocycles. The Bertz CT molecular complexity index is 815. The third-order valence-electron chi connectivity index (χ3n) is 3.68. The third kappa shape index (κ3) is 3.21. The molecule has 3 aromatic rings. The Morgan fingerprint density at radius 2 is 1.96 bits per heavy atom. The Kier molecular flexibility index (Phi) is 4.71. The SMILES string of the molecule is CC(Sc1nnc(-c2ccco2)n1C)C(=O)N(C)c1ccccc1. The molecule has 0 aliphatic carbocycles. The summed E-state index contributed by atoms with van der Waals surface area (Å²) in [6.45, 7) is 1.87. The first-order valence-corrected chi connectivity index (χ1v) is 8.38. The number of para-hydroxylation sites is 1. The van der Waals surface area contributed by atoms with Crippen molar-refractivity contribution < 1.29 is 9.21 Å². The van der Waals surface area contributed by atoms with Crippen LogP contribution in [0.25, 0.3) is 11.6 Å². The number of aromatic nitrogens is 3. The average molecular weight is 342 g/mol. The van der Waals surface area contributed by atoms with E-state index in [2.05, 4.69) is 10.2 Å². The minimum atomic E-state index is -0.289. The Morgan fingerprint density at radius 1 is 1.21 bits per heavy atom. The lowest BCUT2D eigenvalue weighted by molar-refractivity contribution is -0.117. The van der Waals surface area contributed by atoms with Crippen molar-refractivity contribution in [2.75, 3.05) is 11.9 Å². The molecule has 0 N–H and O–H groups in total. The number of benzene rings is 1. The highest BCUT2D eigenvalue weighted by Crippen LogP contribution is 2.27. The first-order valence-electron chi connectivity index (χ1n) is 7.50. The number of amides is 1. The van der Waals surface area contributed by atoms with E-state index in [9.17, 15) is 4.79 Å². The van der Waals surface area contributed by atoms with E-state index >= 15 is 0 Å². The molecule has 1 amide bonds. The number of anilines is 1. The third-order valence-corrected chi connectivity index (χ3v) is 4.80. The van der Waals surface area contributed by atoms with E-state index < -0.39 is 0 Å². The van der Waals surface area contributed by atoms with Gasteiger partial charge in [0, 0.05) is 19.8 Å². The van der Waals surface area contributed by atoms with Crippen molar-refractivity contribution in [3.63, 3.8) is 0 Å². The van der Waals surface area contributed by atoms with Gasteiger partial charge in [0.2, 0.25) is 5.91 Å². The van der Waals surface area contributed by atoms with E-state index in [1.165, 1.54) is 11.8 Å². The molecule has 0 saturated carbocycles. The van der Waals surface area contributed by atoms with Crippen molar-refractivity contribution in [1.29, 1.82) is 0 Å². The van der Waals surface area contributed by atoms with Gasteiger partial charge in [0.1, 0.15) is 0 Å². The quantitative estimate of drug-likeness (QED) is 0.666. The second-order valence-electron chi connectivity index (χ2n) is 5.34. The Labute approximate surface area is 144 Å². The average Bonchev–Trinajstić information content (AvgIpc) is 3.25. The summed E-state index contributed by atoms with van der Waals surface area (Å²) in [6, 6.07) is 13.2. The van der Waals surface area contributed by atoms with Crippen LogP contribution in [-0.4, -0.2) is 33.0 Å². The van der Waals surface area contributed by atoms with Crippen LogP contribution in [0, 0.1) is 0 Å². The molecule has 124 valence electrons. The van der Waals surface area contributed by atoms with Crippen molar-refractivity contribution in [3.05, 3.63) is 48.7 Å². The zero-order valence-electron chi connectivity index (χ0n) is 13.7. The van der Waals surface area contributed by atoms with Crippen LogP contribution in [0.4, 0.5) is 5.69 Å². The van der Waals surface area contributed by atoms with Crippen molar-refractivity contribution in [2.45, 2.75) is 17.3 Å². The first-order chi connectivity index (χ1) is 11.6. The normalized spacial score (nSPS) is 12.1. The van der Waals surface area contributed by atoms with Crippen LogP contribution in [0.5, 0.6) is 0 Å². The fraction of sp³-hybridized carbons (Fsp3) is 0.235. The molecule has 1 unspecified atom stereocenters. The highest BCUT2D eigenvalue weighted by atomic mass is 32.2. The zero-order valence-corrected chi connectivity index (χ0v) is 14.5. The summed E-state index contributed by atoms with van der Waals surface area (Å²) < 4.78 is 7.18. The lowest BCUT2D eigenvalue weighted by atomic mass is 10.3. The number of furan rings is 1. The van der Waals surface area contributed by atoms with E-state index in [1.807, 2.05) is 54.9 Å². The standard InChI is InChI=1S/C17H18N4O2S/c1-12(16(22)20(2)13-8-5-4-6-9-13)24-17-19-18-15(21(17)3)14-10-7-11-23-14/h4-12H,1-3H3. The highest BCUT2D eigenvalue weighted by Gasteiger charge is 2.23. The van der Waals surface area contributed by atoms with E-state index in [-0.39, 0.29) is 11.2 Å². The minimum absolute atomic E-state index is 0.00810. The summed E-state index contributed by atoms with van der Waals surface area (Å²) in [6.07, 6.45) is 1.60. The summed E-state index contributed by atoms with van der Waals surface area (Å²) >= 11 is 1.38. The van der Waals surface area contributed by atoms with Crippen molar-refractivity contribution in [1.82, 2.24) is 14.8 Å². The van der Waals surface area contributed by atoms with Gasteiger partial charge in [0.05, 0.1) is 11.5 Å². The zero-order chi connectivity index (χ0) is 17.1. The second kappa shape index (κ2) is 6.92. The lowest BCUT2D eigenvalue weighted by Crippen LogP contribution is -2.33. The maximum absolute atomic E-state index is 12.6. The maximum Gasteiger partial charge on any atom is 0.240 e. The first kappa shape index (κ1) is 16.3. The van der Waals surface area contributed by atoms with Crippen LogP contribution in [0.2, 0.25) is 0 Å². The molecular formula is C17H18N4O2S. The molecule has 0 fully saturated rings. The number of hydrogen-bond donors (Lipinski definition) is 0. The van der Waals surface area contributed by atoms with Gasteiger partial charge in [-0.25, -0.2) is 0 Å². The Hall–Kier alpha value is -2.54. The molecular weight excluding hydrogens is 324 g/mol. The van der Waals surface area contributed by atoms with Gasteiger partial charge in [-0.2, -0.15) is 0 Å². The van der Waals surface area contributed by atoms with Gasteiger partial charge < -0.3 is 13.9 Å². The van der Waals surface area contributed by atoms with Gasteiger partial charge in [-0.3, -0.25) is 4.79 Å². The van der Waals surface area contributed by atoms with Gasteiger partial charge in [0.25, 0.3) is 0 Å². The molecule has 3 rings (SSSR count). The maximum atomic E-state index is 12.6. The largest absolute Gasteiger partial charge is 0.461 e. The summed E-state index contributed by atoms with van der Waals surface area (Å²) in [7, 11) is 3.64. The van der Waals surface area contributed by atoms with Crippen molar-refractivity contribution in [3.8, 4) is 11.6 Å². The van der Waals surface area contributed by atoms with Gasteiger partial charge in [-0.05, 0) is 31.2 Å². The van der Waals surface area contributed by atoms with E-state index in [4.69, 9.17) is 4.42 Å². The van der Waals surface area contributed by atoms with E-state index in [0.717, 1.165) is 5.69 Å². The van der Waals surface area contributed by atoms with Crippen molar-refractivity contribution in [2.24, 2.45) is 7.05 Å². The van der Waals surface area contributed by atoms with Crippen LogP contribution in [0.3, 0.4) is 0 Å². The van der Waals surface area contributed by atoms with Gasteiger partial charge in [-0.1, -0.05) is 30.0 Å². The fourth-order valence-corrected chi connectivity index (χ4v) is 3.21. The molecule has 24 heavy (non-hydrogen) atoms. The molecule has 0 aliphatic rings. The van der Waals surface area contributed by atoms with E-state index in [0.29, 0.717) is 16.7 Å². The van der Waals surface area contributed by atoms with Crippen molar-refractivity contribution >= 4 is 23.4 Å². The number of carbonyl (C=O) groups excluding carboxylic acids is 1. The predicted molar refractivity (Wildman–Crippen MR) is 93.9 cm³/mol. The number of hydrogen-bond acceptors (Lipinski definition) is 5. The number of rotatable bonds is 5. The van der Waals surface area contributed by atoms with E-state index in [1.54, 1.807) is 24.3 Å². The Morgan fingerprint density at radius 3 is 2.62 bits per heavy atom. The lowest BCUT2D eigenvalue weighted by Gasteiger charge is -2.20. The van der Waals surface area contributed by atoms with Crippen LogP contribution in [0.15, 0.2) is 58.3 Å². The molecule has 0 saturated heterocycles. The molecule has 6 nitrogen and oxygen atoms in total. The summed E-state index contributed by atoms with van der Waals surface area (Å²) in [5, 5.41) is 8.70. The van der Waals surface area contributed by atoms with Gasteiger partial charge in [-0.15, -0.1) is 10.2 Å². The molecule has 1 aromatic carbocycles.